The first-order valence-electron chi connectivity index (χ1n) is 9.74. The van der Waals surface area contributed by atoms with Crippen LogP contribution in [-0.2, 0) is 11.8 Å². The highest BCUT2D eigenvalue weighted by atomic mass is 16.2. The fraction of sp³-hybridized carbons (Fsp3) is 0.476. The third kappa shape index (κ3) is 4.59. The molecule has 1 aliphatic rings. The summed E-state index contributed by atoms with van der Waals surface area (Å²) in [6, 6.07) is 5.37. The van der Waals surface area contributed by atoms with Crippen molar-refractivity contribution in [3.05, 3.63) is 47.3 Å². The zero-order valence-corrected chi connectivity index (χ0v) is 17.0. The normalized spacial score (nSPS) is 19.0. The Morgan fingerprint density at radius 2 is 2.11 bits per heavy atom. The Bertz CT molecular complexity index is 858. The van der Waals surface area contributed by atoms with Gasteiger partial charge in [0.25, 0.3) is 5.91 Å². The van der Waals surface area contributed by atoms with Gasteiger partial charge < -0.3 is 16.0 Å². The number of hydrogen-bond acceptors (Lipinski definition) is 4. The fourth-order valence-electron chi connectivity index (χ4n) is 3.51. The minimum Gasteiger partial charge on any atom is -0.352 e. The Hall–Kier alpha value is -2.67. The number of hydrogen-bond donors (Lipinski definition) is 3. The molecule has 28 heavy (non-hydrogen) atoms. The van der Waals surface area contributed by atoms with E-state index >= 15 is 0 Å². The summed E-state index contributed by atoms with van der Waals surface area (Å²) in [7, 11) is 1.88. The van der Waals surface area contributed by atoms with Crippen LogP contribution in [0.4, 0.5) is 5.69 Å². The first kappa shape index (κ1) is 20.1. The first-order valence-corrected chi connectivity index (χ1v) is 9.74. The lowest BCUT2D eigenvalue weighted by molar-refractivity contribution is -0.119. The van der Waals surface area contributed by atoms with Crippen LogP contribution in [0.5, 0.6) is 0 Å². The van der Waals surface area contributed by atoms with Crippen LogP contribution in [0.2, 0.25) is 0 Å². The first-order chi connectivity index (χ1) is 13.3. The maximum Gasteiger partial charge on any atom is 0.251 e. The lowest BCUT2D eigenvalue weighted by Gasteiger charge is -2.18. The van der Waals surface area contributed by atoms with Crippen LogP contribution in [-0.4, -0.2) is 41.2 Å². The predicted molar refractivity (Wildman–Crippen MR) is 109 cm³/mol. The Morgan fingerprint density at radius 1 is 1.32 bits per heavy atom. The van der Waals surface area contributed by atoms with Crippen molar-refractivity contribution in [2.24, 2.45) is 18.9 Å². The van der Waals surface area contributed by atoms with Crippen molar-refractivity contribution < 1.29 is 9.59 Å². The molecule has 1 saturated heterocycles. The number of aryl methyl sites for hydroxylation is 2. The van der Waals surface area contributed by atoms with Gasteiger partial charge in [-0.3, -0.25) is 14.3 Å². The minimum absolute atomic E-state index is 0.0148. The molecule has 150 valence electrons. The van der Waals surface area contributed by atoms with Gasteiger partial charge in [0.05, 0.1) is 12.1 Å². The molecule has 1 aliphatic heterocycles. The van der Waals surface area contributed by atoms with Crippen molar-refractivity contribution in [2.75, 3.05) is 25.0 Å². The minimum atomic E-state index is -0.155. The van der Waals surface area contributed by atoms with E-state index < -0.39 is 0 Å². The Morgan fingerprint density at radius 3 is 2.75 bits per heavy atom. The molecule has 1 aromatic carbocycles. The van der Waals surface area contributed by atoms with Crippen LogP contribution in [0.25, 0.3) is 0 Å². The van der Waals surface area contributed by atoms with Gasteiger partial charge in [-0.25, -0.2) is 0 Å². The van der Waals surface area contributed by atoms with E-state index in [0.29, 0.717) is 24.6 Å². The molecule has 2 heterocycles. The molecule has 0 radical (unpaired) electrons. The second-order valence-electron chi connectivity index (χ2n) is 7.94. The molecule has 1 fully saturated rings. The number of aromatic nitrogens is 2. The molecule has 2 aromatic rings. The molecular weight excluding hydrogens is 354 g/mol. The van der Waals surface area contributed by atoms with E-state index in [1.165, 1.54) is 0 Å². The number of amides is 2. The number of anilines is 1. The quantitative estimate of drug-likeness (QED) is 0.712. The van der Waals surface area contributed by atoms with Crippen molar-refractivity contribution in [1.82, 2.24) is 20.4 Å². The summed E-state index contributed by atoms with van der Waals surface area (Å²) in [5, 5.41) is 13.5. The summed E-state index contributed by atoms with van der Waals surface area (Å²) >= 11 is 0. The summed E-state index contributed by atoms with van der Waals surface area (Å²) in [5.74, 6) is 0.245. The number of carbonyl (C=O) groups is 2. The molecule has 7 heteroatoms. The molecule has 0 unspecified atom stereocenters. The molecule has 0 spiro atoms. The second kappa shape index (κ2) is 8.56. The lowest BCUT2D eigenvalue weighted by Crippen LogP contribution is -2.29. The maximum atomic E-state index is 12.9. The van der Waals surface area contributed by atoms with E-state index in [9.17, 15) is 9.59 Å². The van der Waals surface area contributed by atoms with Crippen LogP contribution in [0, 0.1) is 18.8 Å². The van der Waals surface area contributed by atoms with E-state index in [1.807, 2.05) is 32.4 Å². The molecule has 3 N–H and O–H groups in total. The van der Waals surface area contributed by atoms with Gasteiger partial charge in [-0.05, 0) is 42.2 Å². The smallest absolute Gasteiger partial charge is 0.251 e. The van der Waals surface area contributed by atoms with Gasteiger partial charge >= 0.3 is 0 Å². The molecule has 7 nitrogen and oxygen atoms in total. The molecule has 2 amide bonds. The van der Waals surface area contributed by atoms with Gasteiger partial charge in [0.2, 0.25) is 5.91 Å². The van der Waals surface area contributed by atoms with Gasteiger partial charge in [0.15, 0.2) is 0 Å². The van der Waals surface area contributed by atoms with E-state index in [4.69, 9.17) is 0 Å². The monoisotopic (exact) mass is 383 g/mol. The Balaban J connectivity index is 1.67. The largest absolute Gasteiger partial charge is 0.352 e. The second-order valence-corrected chi connectivity index (χ2v) is 7.94. The van der Waals surface area contributed by atoms with E-state index in [2.05, 4.69) is 34.9 Å². The summed E-state index contributed by atoms with van der Waals surface area (Å²) in [4.78, 5) is 25.1. The molecule has 0 saturated carbocycles. The summed E-state index contributed by atoms with van der Waals surface area (Å²) in [6.07, 6.45) is 3.79. The summed E-state index contributed by atoms with van der Waals surface area (Å²) in [5.41, 5.74) is 3.28. The topological polar surface area (TPSA) is 88.1 Å². The summed E-state index contributed by atoms with van der Waals surface area (Å²) in [6.45, 7) is 8.06. The highest BCUT2D eigenvalue weighted by Gasteiger charge is 2.34. The molecule has 3 rings (SSSR count). The maximum absolute atomic E-state index is 12.9. The van der Waals surface area contributed by atoms with Crippen LogP contribution in [0.3, 0.4) is 0 Å². The van der Waals surface area contributed by atoms with E-state index in [0.717, 1.165) is 23.4 Å². The molecule has 2 atom stereocenters. The Kier molecular flexibility index (Phi) is 6.14. The zero-order chi connectivity index (χ0) is 20.3. The van der Waals surface area contributed by atoms with Crippen molar-refractivity contribution in [1.29, 1.82) is 0 Å². The van der Waals surface area contributed by atoms with Crippen molar-refractivity contribution in [3.8, 4) is 0 Å². The standard InChI is InChI=1S/C21H29N5O2/c1-13(2)8-23-20(27)15-5-6-19(14(3)7-15)25-21(28)18-11-22-10-17(18)16-9-24-26(4)12-16/h5-7,9,12-13,17-18,22H,8,10-11H2,1-4H3,(H,23,27)(H,25,28)/t17-,18+/m1/s1. The zero-order valence-electron chi connectivity index (χ0n) is 17.0. The molecular formula is C21H29N5O2. The lowest BCUT2D eigenvalue weighted by atomic mass is 9.90. The highest BCUT2D eigenvalue weighted by Crippen LogP contribution is 2.29. The van der Waals surface area contributed by atoms with Crippen molar-refractivity contribution in [2.45, 2.75) is 26.7 Å². The van der Waals surface area contributed by atoms with Gasteiger partial charge in [0, 0.05) is 50.0 Å². The van der Waals surface area contributed by atoms with Crippen LogP contribution in [0.1, 0.15) is 41.3 Å². The van der Waals surface area contributed by atoms with Crippen molar-refractivity contribution in [3.63, 3.8) is 0 Å². The number of rotatable bonds is 6. The van der Waals surface area contributed by atoms with Crippen LogP contribution < -0.4 is 16.0 Å². The molecule has 0 aliphatic carbocycles. The molecule has 0 bridgehead atoms. The highest BCUT2D eigenvalue weighted by molar-refractivity contribution is 5.97. The van der Waals surface area contributed by atoms with E-state index in [-0.39, 0.29) is 23.7 Å². The number of carbonyl (C=O) groups excluding carboxylic acids is 2. The van der Waals surface area contributed by atoms with Crippen LogP contribution in [0.15, 0.2) is 30.6 Å². The fourth-order valence-corrected chi connectivity index (χ4v) is 3.51. The Labute approximate surface area is 165 Å². The predicted octanol–water partition coefficient (Wildman–Crippen LogP) is 2.06. The van der Waals surface area contributed by atoms with Gasteiger partial charge in [0.1, 0.15) is 0 Å². The average molecular weight is 383 g/mol. The number of nitrogens with one attached hydrogen (secondary N) is 3. The van der Waals surface area contributed by atoms with Gasteiger partial charge in [-0.1, -0.05) is 13.8 Å². The number of benzene rings is 1. The third-order valence-corrected chi connectivity index (χ3v) is 5.12. The van der Waals surface area contributed by atoms with Gasteiger partial charge in [-0.2, -0.15) is 5.10 Å². The van der Waals surface area contributed by atoms with Gasteiger partial charge in [-0.15, -0.1) is 0 Å². The van der Waals surface area contributed by atoms with Crippen molar-refractivity contribution >= 4 is 17.5 Å². The molecule has 1 aromatic heterocycles. The average Bonchev–Trinajstić information content (AvgIpc) is 3.29. The van der Waals surface area contributed by atoms with E-state index in [1.54, 1.807) is 16.8 Å². The van der Waals surface area contributed by atoms with Crippen LogP contribution >= 0.6 is 0 Å². The SMILES string of the molecule is Cc1cc(C(=O)NCC(C)C)ccc1NC(=O)[C@H]1CNC[C@@H]1c1cnn(C)c1. The number of nitrogens with zero attached hydrogens (tertiary/aromatic N) is 2. The third-order valence-electron chi connectivity index (χ3n) is 5.12. The summed E-state index contributed by atoms with van der Waals surface area (Å²) < 4.78 is 1.76.